The minimum atomic E-state index is -0.270. The Morgan fingerprint density at radius 3 is 2.61 bits per heavy atom. The van der Waals surface area contributed by atoms with E-state index in [0.717, 1.165) is 11.1 Å². The molecule has 1 aliphatic heterocycles. The van der Waals surface area contributed by atoms with Crippen molar-refractivity contribution in [2.75, 3.05) is 46.2 Å². The number of hydrogen-bond acceptors (Lipinski definition) is 4. The Balaban J connectivity index is 1.61. The fourth-order valence-corrected chi connectivity index (χ4v) is 4.82. The molecule has 192 valence electrons. The van der Waals surface area contributed by atoms with E-state index in [0.29, 0.717) is 67.8 Å². The molecular formula is C27H34FN5O3. The molecule has 0 atom stereocenters. The molecule has 8 nitrogen and oxygen atoms in total. The first-order valence-electron chi connectivity index (χ1n) is 12.2. The summed E-state index contributed by atoms with van der Waals surface area (Å²) in [5.41, 5.74) is 9.29. The van der Waals surface area contributed by atoms with Crippen LogP contribution in [-0.2, 0) is 17.8 Å². The van der Waals surface area contributed by atoms with Gasteiger partial charge in [-0.05, 0) is 48.1 Å². The zero-order chi connectivity index (χ0) is 25.8. The first kappa shape index (κ1) is 25.7. The number of nitrogens with one attached hydrogen (secondary N) is 1. The predicted octanol–water partition coefficient (Wildman–Crippen LogP) is 4.00. The van der Waals surface area contributed by atoms with Gasteiger partial charge in [-0.3, -0.25) is 4.79 Å². The highest BCUT2D eigenvalue weighted by Gasteiger charge is 2.29. The van der Waals surface area contributed by atoms with Crippen molar-refractivity contribution < 1.29 is 18.7 Å². The van der Waals surface area contributed by atoms with Crippen molar-refractivity contribution >= 4 is 28.5 Å². The van der Waals surface area contributed by atoms with Gasteiger partial charge in [0.25, 0.3) is 5.91 Å². The van der Waals surface area contributed by atoms with Crippen LogP contribution in [0.15, 0.2) is 42.6 Å². The summed E-state index contributed by atoms with van der Waals surface area (Å²) in [6.45, 7) is 2.47. The standard InChI is InChI=1S/C27H34FN5O3/c1-31(2)27(35)30-23-5-4-6-24-25(23)21(17-33(24)13-14-36-3)26(34)32-11-9-19(10-12-32)20-15-18(16-29)7-8-22(20)28/h4-8,15,17,19H,9-14,16,29H2,1-3H3,(H,30,35). The highest BCUT2D eigenvalue weighted by molar-refractivity contribution is 6.13. The number of anilines is 1. The van der Waals surface area contributed by atoms with E-state index in [1.54, 1.807) is 33.3 Å². The molecule has 3 amide bonds. The number of halogens is 1. The number of methoxy groups -OCH3 is 1. The minimum Gasteiger partial charge on any atom is -0.383 e. The van der Waals surface area contributed by atoms with E-state index in [9.17, 15) is 14.0 Å². The molecule has 0 saturated carbocycles. The van der Waals surface area contributed by atoms with Crippen molar-refractivity contribution in [3.05, 3.63) is 65.1 Å². The fourth-order valence-electron chi connectivity index (χ4n) is 4.82. The molecule has 1 aliphatic rings. The Morgan fingerprint density at radius 2 is 1.94 bits per heavy atom. The second-order valence-electron chi connectivity index (χ2n) is 9.38. The minimum absolute atomic E-state index is 0.0403. The summed E-state index contributed by atoms with van der Waals surface area (Å²) in [6, 6.07) is 10.4. The summed E-state index contributed by atoms with van der Waals surface area (Å²) in [6.07, 6.45) is 3.18. The van der Waals surface area contributed by atoms with E-state index in [-0.39, 0.29) is 23.7 Å². The van der Waals surface area contributed by atoms with Gasteiger partial charge in [-0.15, -0.1) is 0 Å². The van der Waals surface area contributed by atoms with Crippen LogP contribution in [0.4, 0.5) is 14.9 Å². The third-order valence-electron chi connectivity index (χ3n) is 6.84. The van der Waals surface area contributed by atoms with Gasteiger partial charge in [0.15, 0.2) is 0 Å². The van der Waals surface area contributed by atoms with Crippen molar-refractivity contribution in [1.29, 1.82) is 0 Å². The van der Waals surface area contributed by atoms with Gasteiger partial charge < -0.3 is 30.2 Å². The maximum absolute atomic E-state index is 14.5. The largest absolute Gasteiger partial charge is 0.383 e. The number of ether oxygens (including phenoxy) is 1. The van der Waals surface area contributed by atoms with Gasteiger partial charge in [0.05, 0.1) is 23.4 Å². The van der Waals surface area contributed by atoms with Crippen LogP contribution in [0.25, 0.3) is 10.9 Å². The van der Waals surface area contributed by atoms with Crippen molar-refractivity contribution in [3.63, 3.8) is 0 Å². The summed E-state index contributed by atoms with van der Waals surface area (Å²) < 4.78 is 21.8. The van der Waals surface area contributed by atoms with E-state index < -0.39 is 0 Å². The maximum atomic E-state index is 14.5. The lowest BCUT2D eigenvalue weighted by atomic mass is 9.88. The lowest BCUT2D eigenvalue weighted by Crippen LogP contribution is -2.38. The lowest BCUT2D eigenvalue weighted by molar-refractivity contribution is 0.0714. The molecule has 1 aromatic heterocycles. The number of aromatic nitrogens is 1. The van der Waals surface area contributed by atoms with Crippen LogP contribution >= 0.6 is 0 Å². The molecule has 0 aliphatic carbocycles. The molecule has 9 heteroatoms. The molecule has 1 fully saturated rings. The number of piperidine rings is 1. The van der Waals surface area contributed by atoms with E-state index in [2.05, 4.69) is 5.32 Å². The normalized spacial score (nSPS) is 14.3. The zero-order valence-corrected chi connectivity index (χ0v) is 21.1. The second kappa shape index (κ2) is 11.1. The Kier molecular flexibility index (Phi) is 7.91. The van der Waals surface area contributed by atoms with Crippen LogP contribution in [0.5, 0.6) is 0 Å². The Morgan fingerprint density at radius 1 is 1.19 bits per heavy atom. The first-order valence-corrected chi connectivity index (χ1v) is 12.2. The zero-order valence-electron chi connectivity index (χ0n) is 21.1. The molecular weight excluding hydrogens is 461 g/mol. The number of hydrogen-bond donors (Lipinski definition) is 2. The van der Waals surface area contributed by atoms with Crippen molar-refractivity contribution in [1.82, 2.24) is 14.4 Å². The summed E-state index contributed by atoms with van der Waals surface area (Å²) in [4.78, 5) is 29.4. The summed E-state index contributed by atoms with van der Waals surface area (Å²) in [7, 11) is 4.97. The van der Waals surface area contributed by atoms with Gasteiger partial charge >= 0.3 is 6.03 Å². The van der Waals surface area contributed by atoms with Crippen LogP contribution in [0.2, 0.25) is 0 Å². The number of likely N-dealkylation sites (tertiary alicyclic amines) is 1. The molecule has 1 saturated heterocycles. The molecule has 3 N–H and O–H groups in total. The molecule has 36 heavy (non-hydrogen) atoms. The van der Waals surface area contributed by atoms with Gasteiger partial charge in [-0.25, -0.2) is 9.18 Å². The van der Waals surface area contributed by atoms with Crippen molar-refractivity contribution in [3.8, 4) is 0 Å². The Labute approximate surface area is 210 Å². The number of benzene rings is 2. The topological polar surface area (TPSA) is 92.8 Å². The number of urea groups is 1. The molecule has 0 unspecified atom stereocenters. The number of nitrogens with two attached hydrogens (primary N) is 1. The van der Waals surface area contributed by atoms with E-state index in [1.165, 1.54) is 11.0 Å². The van der Waals surface area contributed by atoms with Crippen LogP contribution < -0.4 is 11.1 Å². The van der Waals surface area contributed by atoms with Gasteiger partial charge in [0.1, 0.15) is 5.82 Å². The number of carbonyl (C=O) groups is 2. The number of fused-ring (bicyclic) bond motifs is 1. The van der Waals surface area contributed by atoms with Crippen molar-refractivity contribution in [2.45, 2.75) is 31.8 Å². The number of nitrogens with zero attached hydrogens (tertiary/aromatic N) is 3. The monoisotopic (exact) mass is 495 g/mol. The SMILES string of the molecule is COCCn1cc(C(=O)N2CCC(c3cc(CN)ccc3F)CC2)c2c(NC(=O)N(C)C)cccc21. The predicted molar refractivity (Wildman–Crippen MR) is 139 cm³/mol. The summed E-state index contributed by atoms with van der Waals surface area (Å²) >= 11 is 0. The fraction of sp³-hybridized carbons (Fsp3) is 0.407. The van der Waals surface area contributed by atoms with Gasteiger partial charge in [0.2, 0.25) is 0 Å². The molecule has 0 radical (unpaired) electrons. The number of amides is 3. The van der Waals surface area contributed by atoms with Gasteiger partial charge in [-0.1, -0.05) is 18.2 Å². The second-order valence-corrected chi connectivity index (χ2v) is 9.38. The van der Waals surface area contributed by atoms with E-state index in [1.807, 2.05) is 33.9 Å². The maximum Gasteiger partial charge on any atom is 0.321 e. The lowest BCUT2D eigenvalue weighted by Gasteiger charge is -2.32. The van der Waals surface area contributed by atoms with Crippen LogP contribution in [0, 0.1) is 5.82 Å². The van der Waals surface area contributed by atoms with Crippen LogP contribution in [0.3, 0.4) is 0 Å². The van der Waals surface area contributed by atoms with Crippen LogP contribution in [-0.4, -0.2) is 67.2 Å². The van der Waals surface area contributed by atoms with E-state index in [4.69, 9.17) is 10.5 Å². The highest BCUT2D eigenvalue weighted by Crippen LogP contribution is 2.34. The Hall–Kier alpha value is -3.43. The average molecular weight is 496 g/mol. The molecule has 0 bridgehead atoms. The molecule has 4 rings (SSSR count). The summed E-state index contributed by atoms with van der Waals surface area (Å²) in [5.74, 6) is -0.282. The smallest absolute Gasteiger partial charge is 0.321 e. The molecule has 0 spiro atoms. The molecule has 3 aromatic rings. The number of rotatable bonds is 7. The highest BCUT2D eigenvalue weighted by atomic mass is 19.1. The van der Waals surface area contributed by atoms with E-state index >= 15 is 0 Å². The third-order valence-corrected chi connectivity index (χ3v) is 6.84. The van der Waals surface area contributed by atoms with Gasteiger partial charge in [0, 0.05) is 59.0 Å². The third kappa shape index (κ3) is 5.22. The summed E-state index contributed by atoms with van der Waals surface area (Å²) in [5, 5.41) is 3.62. The van der Waals surface area contributed by atoms with Crippen LogP contribution in [0.1, 0.15) is 40.2 Å². The Bertz CT molecular complexity index is 1250. The molecule has 2 heterocycles. The number of carbonyl (C=O) groups excluding carboxylic acids is 2. The first-order chi connectivity index (χ1) is 17.3. The van der Waals surface area contributed by atoms with Crippen molar-refractivity contribution in [2.24, 2.45) is 5.73 Å². The average Bonchev–Trinajstić information content (AvgIpc) is 3.27. The van der Waals surface area contributed by atoms with Gasteiger partial charge in [-0.2, -0.15) is 0 Å². The quantitative estimate of drug-likeness (QED) is 0.518. The molecule has 2 aromatic carbocycles.